The van der Waals surface area contributed by atoms with Gasteiger partial charge in [0.15, 0.2) is 0 Å². The third-order valence-electron chi connectivity index (χ3n) is 0.465. The second-order valence-corrected chi connectivity index (χ2v) is 0.880. The van der Waals surface area contributed by atoms with Gasteiger partial charge in [0.2, 0.25) is 0 Å². The van der Waals surface area contributed by atoms with E-state index in [0.717, 1.165) is 0 Å². The molecule has 0 radical (unpaired) electrons. The maximum Gasteiger partial charge on any atom is 0.286 e. The zero-order chi connectivity index (χ0) is 4.41. The zero-order valence-electron chi connectivity index (χ0n) is 2.98. The second-order valence-electron chi connectivity index (χ2n) is 0.880. The Morgan fingerprint density at radius 2 is 2.67 bits per heavy atom. The molecule has 0 atom stereocenters. The van der Waals surface area contributed by atoms with Gasteiger partial charge in [0.25, 0.3) is 6.08 Å². The number of aromatic amines is 1. The Balaban J connectivity index is 3.05. The Morgan fingerprint density at radius 1 is 1.83 bits per heavy atom. The van der Waals surface area contributed by atoms with Gasteiger partial charge >= 0.3 is 0 Å². The molecule has 0 spiro atoms. The topological polar surface area (TPSA) is 28.7 Å². The van der Waals surface area contributed by atoms with Crippen LogP contribution >= 0.6 is 0 Å². The third kappa shape index (κ3) is 0.381. The van der Waals surface area contributed by atoms with Gasteiger partial charge in [-0.1, -0.05) is 0 Å². The molecule has 1 aromatic heterocycles. The van der Waals surface area contributed by atoms with Crippen molar-refractivity contribution in [2.24, 2.45) is 0 Å². The van der Waals surface area contributed by atoms with Crippen LogP contribution in [0.4, 0.5) is 4.39 Å². The predicted octanol–water partition coefficient (Wildman–Crippen LogP) is 0.549. The molecule has 0 saturated carbocycles. The first kappa shape index (κ1) is 3.33. The van der Waals surface area contributed by atoms with E-state index in [2.05, 4.69) is 9.97 Å². The average Bonchev–Trinajstić information content (AvgIpc) is 1.86. The molecule has 0 fully saturated rings. The minimum atomic E-state index is -0.532. The van der Waals surface area contributed by atoms with Gasteiger partial charge in [0, 0.05) is 12.4 Å². The SMILES string of the molecule is Fc1ncc[nH]1. The highest BCUT2D eigenvalue weighted by atomic mass is 19.1. The first-order valence-corrected chi connectivity index (χ1v) is 1.54. The summed E-state index contributed by atoms with van der Waals surface area (Å²) < 4.78 is 11.5. The number of imidazole rings is 1. The monoisotopic (exact) mass is 86.0 g/mol. The molecule has 1 aromatic rings. The Morgan fingerprint density at radius 3 is 2.83 bits per heavy atom. The summed E-state index contributed by atoms with van der Waals surface area (Å²) >= 11 is 0. The molecule has 0 bridgehead atoms. The average molecular weight is 86.1 g/mol. The number of rotatable bonds is 0. The third-order valence-corrected chi connectivity index (χ3v) is 0.465. The molecule has 0 unspecified atom stereocenters. The van der Waals surface area contributed by atoms with E-state index in [1.807, 2.05) is 0 Å². The Kier molecular flexibility index (Phi) is 0.602. The number of H-pyrrole nitrogens is 1. The molecule has 0 aliphatic heterocycles. The van der Waals surface area contributed by atoms with Crippen LogP contribution in [0.15, 0.2) is 12.4 Å². The Labute approximate surface area is 34.0 Å². The van der Waals surface area contributed by atoms with Crippen LogP contribution < -0.4 is 0 Å². The summed E-state index contributed by atoms with van der Waals surface area (Å²) in [6.45, 7) is 0. The molecule has 6 heavy (non-hydrogen) atoms. The molecule has 0 aliphatic rings. The van der Waals surface area contributed by atoms with Crippen molar-refractivity contribution in [1.82, 2.24) is 9.97 Å². The number of nitrogens with zero attached hydrogens (tertiary/aromatic N) is 1. The van der Waals surface area contributed by atoms with Crippen LogP contribution in [0.25, 0.3) is 0 Å². The van der Waals surface area contributed by atoms with Crippen molar-refractivity contribution in [3.63, 3.8) is 0 Å². The van der Waals surface area contributed by atoms with Gasteiger partial charge in [0.1, 0.15) is 0 Å². The van der Waals surface area contributed by atoms with E-state index < -0.39 is 6.08 Å². The largest absolute Gasteiger partial charge is 0.321 e. The molecule has 0 aromatic carbocycles. The summed E-state index contributed by atoms with van der Waals surface area (Å²) in [5.41, 5.74) is 0. The normalized spacial score (nSPS) is 8.83. The van der Waals surface area contributed by atoms with Crippen molar-refractivity contribution in [3.8, 4) is 0 Å². The van der Waals surface area contributed by atoms with E-state index in [9.17, 15) is 4.39 Å². The number of halogens is 1. The van der Waals surface area contributed by atoms with Crippen molar-refractivity contribution < 1.29 is 4.39 Å². The van der Waals surface area contributed by atoms with E-state index in [0.29, 0.717) is 0 Å². The fourth-order valence-corrected chi connectivity index (χ4v) is 0.246. The van der Waals surface area contributed by atoms with Crippen molar-refractivity contribution in [2.75, 3.05) is 0 Å². The van der Waals surface area contributed by atoms with Crippen molar-refractivity contribution in [1.29, 1.82) is 0 Å². The summed E-state index contributed by atoms with van der Waals surface area (Å²) in [6, 6.07) is 0. The minimum absolute atomic E-state index is 0.532. The number of hydrogen-bond acceptors (Lipinski definition) is 1. The van der Waals surface area contributed by atoms with E-state index >= 15 is 0 Å². The molecule has 0 aliphatic carbocycles. The maximum absolute atomic E-state index is 11.5. The van der Waals surface area contributed by atoms with Crippen LogP contribution in [0, 0.1) is 6.08 Å². The maximum atomic E-state index is 11.5. The van der Waals surface area contributed by atoms with E-state index in [-0.39, 0.29) is 0 Å². The summed E-state index contributed by atoms with van der Waals surface area (Å²) in [6.07, 6.45) is 2.25. The van der Waals surface area contributed by atoms with Crippen LogP contribution in [-0.4, -0.2) is 9.97 Å². The molecule has 0 amide bonds. The predicted molar refractivity (Wildman–Crippen MR) is 18.5 cm³/mol. The number of aromatic nitrogens is 2. The number of nitrogens with one attached hydrogen (secondary N) is 1. The molecule has 1 rings (SSSR count). The summed E-state index contributed by atoms with van der Waals surface area (Å²) in [5.74, 6) is 0. The van der Waals surface area contributed by atoms with Crippen LogP contribution in [0.2, 0.25) is 0 Å². The van der Waals surface area contributed by atoms with Gasteiger partial charge in [-0.3, -0.25) is 0 Å². The second kappa shape index (κ2) is 1.08. The lowest BCUT2D eigenvalue weighted by Gasteiger charge is -1.63. The van der Waals surface area contributed by atoms with Crippen LogP contribution in [0.3, 0.4) is 0 Å². The minimum Gasteiger partial charge on any atom is -0.321 e. The Hall–Kier alpha value is -0.860. The van der Waals surface area contributed by atoms with Crippen LogP contribution in [0.5, 0.6) is 0 Å². The molecule has 3 heteroatoms. The first-order valence-electron chi connectivity index (χ1n) is 1.54. The fourth-order valence-electron chi connectivity index (χ4n) is 0.246. The molecule has 1 N–H and O–H groups in total. The standard InChI is InChI=1S/C3H3FN2/c4-3-5-1-2-6-3/h1-2H,(H,5,6). The molecular weight excluding hydrogens is 83.0 g/mol. The fraction of sp³-hybridized carbons (Fsp3) is 0. The Bertz CT molecular complexity index is 112. The lowest BCUT2D eigenvalue weighted by molar-refractivity contribution is 0.552. The van der Waals surface area contributed by atoms with Gasteiger partial charge < -0.3 is 4.98 Å². The van der Waals surface area contributed by atoms with Gasteiger partial charge in [0.05, 0.1) is 0 Å². The lowest BCUT2D eigenvalue weighted by Crippen LogP contribution is -1.68. The van der Waals surface area contributed by atoms with Crippen LogP contribution in [-0.2, 0) is 0 Å². The highest BCUT2D eigenvalue weighted by Gasteiger charge is 1.79. The van der Waals surface area contributed by atoms with E-state index in [1.54, 1.807) is 0 Å². The molecule has 0 saturated heterocycles. The van der Waals surface area contributed by atoms with Gasteiger partial charge in [-0.2, -0.15) is 4.39 Å². The molecule has 2 nitrogen and oxygen atoms in total. The summed E-state index contributed by atoms with van der Waals surface area (Å²) in [7, 11) is 0. The molecule has 32 valence electrons. The van der Waals surface area contributed by atoms with Gasteiger partial charge in [-0.25, -0.2) is 4.98 Å². The zero-order valence-corrected chi connectivity index (χ0v) is 2.98. The van der Waals surface area contributed by atoms with Crippen molar-refractivity contribution >= 4 is 0 Å². The quantitative estimate of drug-likeness (QED) is 0.490. The van der Waals surface area contributed by atoms with Crippen molar-refractivity contribution in [3.05, 3.63) is 18.5 Å². The van der Waals surface area contributed by atoms with Gasteiger partial charge in [-0.15, -0.1) is 0 Å². The lowest BCUT2D eigenvalue weighted by atomic mass is 11.0. The smallest absolute Gasteiger partial charge is 0.286 e. The first-order chi connectivity index (χ1) is 2.89. The van der Waals surface area contributed by atoms with Crippen LogP contribution in [0.1, 0.15) is 0 Å². The van der Waals surface area contributed by atoms with E-state index in [1.165, 1.54) is 12.4 Å². The summed E-state index contributed by atoms with van der Waals surface area (Å²) in [5, 5.41) is 0. The van der Waals surface area contributed by atoms with E-state index in [4.69, 9.17) is 0 Å². The molecule has 1 heterocycles. The van der Waals surface area contributed by atoms with Crippen molar-refractivity contribution in [2.45, 2.75) is 0 Å². The van der Waals surface area contributed by atoms with Gasteiger partial charge in [-0.05, 0) is 0 Å². The number of hydrogen-bond donors (Lipinski definition) is 1. The highest BCUT2D eigenvalue weighted by molar-refractivity contribution is 4.68. The summed E-state index contributed by atoms with van der Waals surface area (Å²) in [4.78, 5) is 5.42. The highest BCUT2D eigenvalue weighted by Crippen LogP contribution is 1.78. The molecular formula is C3H3FN2.